The highest BCUT2D eigenvalue weighted by atomic mass is 16.2. The van der Waals surface area contributed by atoms with Crippen LogP contribution in [0.4, 0.5) is 4.79 Å². The molecule has 1 atom stereocenters. The molecule has 0 spiro atoms. The molecule has 0 bridgehead atoms. The molecule has 5 nitrogen and oxygen atoms in total. The number of imidazole rings is 1. The fourth-order valence-corrected chi connectivity index (χ4v) is 4.05. The molecule has 2 fully saturated rings. The van der Waals surface area contributed by atoms with E-state index in [2.05, 4.69) is 21.1 Å². The van der Waals surface area contributed by atoms with Crippen molar-refractivity contribution in [3.8, 4) is 0 Å². The number of likely N-dealkylation sites (tertiary alicyclic amines) is 1. The lowest BCUT2D eigenvalue weighted by Crippen LogP contribution is -2.45. The normalized spacial score (nSPS) is 20.6. The van der Waals surface area contributed by atoms with Crippen LogP contribution in [0, 0.1) is 5.92 Å². The zero-order chi connectivity index (χ0) is 17.8. The van der Waals surface area contributed by atoms with Crippen LogP contribution >= 0.6 is 0 Å². The number of nitrogens with one attached hydrogen (secondary N) is 1. The second-order valence-electron chi connectivity index (χ2n) is 7.66. The van der Waals surface area contributed by atoms with Gasteiger partial charge in [0.15, 0.2) is 0 Å². The van der Waals surface area contributed by atoms with Gasteiger partial charge in [-0.2, -0.15) is 0 Å². The number of benzene rings is 1. The Morgan fingerprint density at radius 3 is 2.77 bits per heavy atom. The van der Waals surface area contributed by atoms with Crippen molar-refractivity contribution in [2.24, 2.45) is 5.92 Å². The predicted octanol–water partition coefficient (Wildman–Crippen LogP) is 3.77. The summed E-state index contributed by atoms with van der Waals surface area (Å²) in [5.41, 5.74) is 1.13. The number of carbonyl (C=O) groups is 1. The molecule has 1 aliphatic heterocycles. The fourth-order valence-electron chi connectivity index (χ4n) is 4.05. The summed E-state index contributed by atoms with van der Waals surface area (Å²) in [6.45, 7) is 3.27. The van der Waals surface area contributed by atoms with E-state index in [4.69, 9.17) is 0 Å². The van der Waals surface area contributed by atoms with Gasteiger partial charge in [0.25, 0.3) is 0 Å². The molecule has 1 saturated carbocycles. The highest BCUT2D eigenvalue weighted by Crippen LogP contribution is 2.31. The summed E-state index contributed by atoms with van der Waals surface area (Å²) >= 11 is 0. The summed E-state index contributed by atoms with van der Waals surface area (Å²) in [5, 5.41) is 3.06. The number of aromatic nitrogens is 2. The summed E-state index contributed by atoms with van der Waals surface area (Å²) in [7, 11) is 0. The Labute approximate surface area is 155 Å². The Morgan fingerprint density at radius 2 is 2.00 bits per heavy atom. The lowest BCUT2D eigenvalue weighted by atomic mass is 9.85. The van der Waals surface area contributed by atoms with Crippen molar-refractivity contribution in [2.75, 3.05) is 13.1 Å². The van der Waals surface area contributed by atoms with Gasteiger partial charge in [-0.1, -0.05) is 36.8 Å². The molecule has 1 N–H and O–H groups in total. The van der Waals surface area contributed by atoms with Crippen molar-refractivity contribution in [3.05, 3.63) is 54.1 Å². The topological polar surface area (TPSA) is 50.2 Å². The van der Waals surface area contributed by atoms with E-state index >= 15 is 0 Å². The molecule has 4 rings (SSSR count). The molecule has 138 valence electrons. The van der Waals surface area contributed by atoms with Crippen molar-refractivity contribution in [1.29, 1.82) is 0 Å². The van der Waals surface area contributed by atoms with Gasteiger partial charge in [0.2, 0.25) is 0 Å². The summed E-state index contributed by atoms with van der Waals surface area (Å²) < 4.78 is 2.33. The van der Waals surface area contributed by atoms with Crippen molar-refractivity contribution < 1.29 is 4.79 Å². The number of hydrogen-bond acceptors (Lipinski definition) is 2. The third-order valence-corrected chi connectivity index (χ3v) is 5.79. The molecule has 2 aliphatic rings. The average Bonchev–Trinajstić information content (AvgIpc) is 3.12. The van der Waals surface area contributed by atoms with E-state index in [9.17, 15) is 4.79 Å². The largest absolute Gasteiger partial charge is 0.334 e. The molecule has 1 aromatic heterocycles. The average molecular weight is 352 g/mol. The molecule has 5 heteroatoms. The number of hydrogen-bond donors (Lipinski definition) is 1. The van der Waals surface area contributed by atoms with Crippen LogP contribution in [0.2, 0.25) is 0 Å². The van der Waals surface area contributed by atoms with E-state index in [1.165, 1.54) is 19.3 Å². The number of amides is 2. The van der Waals surface area contributed by atoms with Gasteiger partial charge in [-0.05, 0) is 37.2 Å². The maximum atomic E-state index is 12.6. The lowest BCUT2D eigenvalue weighted by molar-refractivity contribution is 0.176. The van der Waals surface area contributed by atoms with Crippen LogP contribution in [0.1, 0.15) is 49.4 Å². The minimum absolute atomic E-state index is 0.0376. The number of piperidine rings is 1. The Kier molecular flexibility index (Phi) is 5.23. The van der Waals surface area contributed by atoms with Crippen LogP contribution in [-0.4, -0.2) is 33.6 Å². The molecule has 1 aliphatic carbocycles. The fraction of sp³-hybridized carbons (Fsp3) is 0.524. The molecule has 0 radical (unpaired) electrons. The van der Waals surface area contributed by atoms with E-state index in [1.807, 2.05) is 41.4 Å². The summed E-state index contributed by atoms with van der Waals surface area (Å²) in [4.78, 5) is 19.2. The van der Waals surface area contributed by atoms with Gasteiger partial charge in [-0.3, -0.25) is 0 Å². The second-order valence-corrected chi connectivity index (χ2v) is 7.66. The van der Waals surface area contributed by atoms with Crippen molar-refractivity contribution in [1.82, 2.24) is 19.8 Å². The molecule has 2 aromatic rings. The first-order valence-corrected chi connectivity index (χ1v) is 9.87. The third kappa shape index (κ3) is 3.92. The van der Waals surface area contributed by atoms with Crippen LogP contribution in [0.5, 0.6) is 0 Å². The number of urea groups is 1. The van der Waals surface area contributed by atoms with Crippen molar-refractivity contribution in [3.63, 3.8) is 0 Å². The molecular formula is C21H28N4O. The first kappa shape index (κ1) is 17.1. The van der Waals surface area contributed by atoms with E-state index in [1.54, 1.807) is 0 Å². The molecule has 1 aromatic carbocycles. The molecule has 1 saturated heterocycles. The van der Waals surface area contributed by atoms with Crippen molar-refractivity contribution >= 4 is 6.03 Å². The van der Waals surface area contributed by atoms with Crippen LogP contribution in [0.15, 0.2) is 42.7 Å². The Morgan fingerprint density at radius 1 is 1.15 bits per heavy atom. The van der Waals surface area contributed by atoms with E-state index in [0.717, 1.165) is 49.8 Å². The van der Waals surface area contributed by atoms with Crippen LogP contribution < -0.4 is 5.32 Å². The Balaban J connectivity index is 1.35. The quantitative estimate of drug-likeness (QED) is 0.890. The maximum Gasteiger partial charge on any atom is 0.317 e. The number of nitrogens with zero attached hydrogens (tertiary/aromatic N) is 3. The number of carbonyl (C=O) groups excluding carboxylic acids is 1. The van der Waals surface area contributed by atoms with Crippen LogP contribution in [0.3, 0.4) is 0 Å². The third-order valence-electron chi connectivity index (χ3n) is 5.79. The second kappa shape index (κ2) is 7.94. The first-order valence-electron chi connectivity index (χ1n) is 9.87. The first-order chi connectivity index (χ1) is 12.8. The zero-order valence-corrected chi connectivity index (χ0v) is 15.3. The monoisotopic (exact) mass is 352 g/mol. The summed E-state index contributed by atoms with van der Waals surface area (Å²) in [6.07, 6.45) is 10.2. The van der Waals surface area contributed by atoms with E-state index < -0.39 is 0 Å². The van der Waals surface area contributed by atoms with E-state index in [0.29, 0.717) is 12.5 Å². The minimum atomic E-state index is 0.0376. The van der Waals surface area contributed by atoms with E-state index in [-0.39, 0.29) is 6.03 Å². The zero-order valence-electron chi connectivity index (χ0n) is 15.3. The van der Waals surface area contributed by atoms with Gasteiger partial charge in [-0.15, -0.1) is 0 Å². The summed E-state index contributed by atoms with van der Waals surface area (Å²) in [6, 6.07) is 10.1. The molecule has 26 heavy (non-hydrogen) atoms. The molecule has 2 heterocycles. The van der Waals surface area contributed by atoms with Gasteiger partial charge in [0, 0.05) is 44.5 Å². The van der Waals surface area contributed by atoms with Gasteiger partial charge >= 0.3 is 6.03 Å². The van der Waals surface area contributed by atoms with Crippen LogP contribution in [0.25, 0.3) is 0 Å². The van der Waals surface area contributed by atoms with Crippen molar-refractivity contribution in [2.45, 2.75) is 51.1 Å². The summed E-state index contributed by atoms with van der Waals surface area (Å²) in [5.74, 6) is 2.33. The SMILES string of the molecule is O=C(NCc1ccccc1)N1CCC[C@H](c2nccn2CC2CCC2)C1. The molecular weight excluding hydrogens is 324 g/mol. The smallest absolute Gasteiger partial charge is 0.317 e. The predicted molar refractivity (Wildman–Crippen MR) is 102 cm³/mol. The van der Waals surface area contributed by atoms with Crippen LogP contribution in [-0.2, 0) is 13.1 Å². The molecule has 2 amide bonds. The Bertz CT molecular complexity index is 723. The highest BCUT2D eigenvalue weighted by Gasteiger charge is 2.28. The lowest BCUT2D eigenvalue weighted by Gasteiger charge is -2.33. The van der Waals surface area contributed by atoms with Gasteiger partial charge in [0.1, 0.15) is 5.82 Å². The highest BCUT2D eigenvalue weighted by molar-refractivity contribution is 5.74. The molecule has 0 unspecified atom stereocenters. The van der Waals surface area contributed by atoms with Gasteiger partial charge < -0.3 is 14.8 Å². The minimum Gasteiger partial charge on any atom is -0.334 e. The Hall–Kier alpha value is -2.30. The van der Waals surface area contributed by atoms with Gasteiger partial charge in [0.05, 0.1) is 0 Å². The van der Waals surface area contributed by atoms with Gasteiger partial charge in [-0.25, -0.2) is 9.78 Å². The number of rotatable bonds is 5. The maximum absolute atomic E-state index is 12.6. The standard InChI is InChI=1S/C21H28N4O/c26-21(23-14-17-6-2-1-3-7-17)25-12-5-10-19(16-25)20-22-11-13-24(20)15-18-8-4-9-18/h1-3,6-7,11,13,18-19H,4-5,8-10,12,14-16H2,(H,23,26)/t19-/m0/s1.